The summed E-state index contributed by atoms with van der Waals surface area (Å²) in [5, 5.41) is 4.12. The number of likely N-dealkylation sites (N-methyl/N-ethyl adjacent to an activating group) is 1. The number of rotatable bonds is 9. The molecule has 194 valence electrons. The average Bonchev–Trinajstić information content (AvgIpc) is 3.21. The van der Waals surface area contributed by atoms with Crippen molar-refractivity contribution in [1.29, 1.82) is 0 Å². The summed E-state index contributed by atoms with van der Waals surface area (Å²) in [6.07, 6.45) is 2.67. The van der Waals surface area contributed by atoms with Gasteiger partial charge in [0.2, 0.25) is 0 Å². The Morgan fingerprint density at radius 1 is 1.05 bits per heavy atom. The highest BCUT2D eigenvalue weighted by Gasteiger charge is 2.21. The van der Waals surface area contributed by atoms with Gasteiger partial charge in [-0.1, -0.05) is 18.6 Å². The lowest BCUT2D eigenvalue weighted by Gasteiger charge is -2.19. The SMILES string of the molecule is CCc1ncc(CN(C)C(=O)c2nc(-c3cc(C)nc(NCCN(C)C)c3)nc3ccc(C)cc23)n1C. The number of hydrogen-bond donors (Lipinski definition) is 1. The van der Waals surface area contributed by atoms with Gasteiger partial charge in [-0.3, -0.25) is 4.79 Å². The Morgan fingerprint density at radius 3 is 2.54 bits per heavy atom. The number of nitrogens with zero attached hydrogens (tertiary/aromatic N) is 7. The van der Waals surface area contributed by atoms with Crippen molar-refractivity contribution >= 4 is 22.6 Å². The summed E-state index contributed by atoms with van der Waals surface area (Å²) in [6.45, 7) is 8.11. The van der Waals surface area contributed by atoms with Gasteiger partial charge in [-0.25, -0.2) is 19.9 Å². The fourth-order valence-electron chi connectivity index (χ4n) is 4.29. The Labute approximate surface area is 218 Å². The number of anilines is 1. The second-order valence-corrected chi connectivity index (χ2v) is 9.77. The molecule has 4 aromatic rings. The van der Waals surface area contributed by atoms with E-state index in [1.165, 1.54) is 0 Å². The average molecular weight is 501 g/mol. The number of fused-ring (bicyclic) bond motifs is 1. The van der Waals surface area contributed by atoms with Crippen LogP contribution in [0.15, 0.2) is 36.5 Å². The molecule has 3 heterocycles. The number of nitrogens with one attached hydrogen (secondary N) is 1. The van der Waals surface area contributed by atoms with Crippen molar-refractivity contribution in [3.05, 3.63) is 65.0 Å². The quantitative estimate of drug-likeness (QED) is 0.373. The third-order valence-electron chi connectivity index (χ3n) is 6.37. The number of aromatic nitrogens is 5. The summed E-state index contributed by atoms with van der Waals surface area (Å²) in [4.78, 5) is 36.3. The molecule has 0 atom stereocenters. The summed E-state index contributed by atoms with van der Waals surface area (Å²) in [5.74, 6) is 2.10. The van der Waals surface area contributed by atoms with Crippen molar-refractivity contribution in [2.24, 2.45) is 7.05 Å². The highest BCUT2D eigenvalue weighted by molar-refractivity contribution is 6.05. The summed E-state index contributed by atoms with van der Waals surface area (Å²) >= 11 is 0. The van der Waals surface area contributed by atoms with E-state index in [9.17, 15) is 4.79 Å². The van der Waals surface area contributed by atoms with Crippen LogP contribution in [0, 0.1) is 13.8 Å². The molecule has 3 aromatic heterocycles. The Balaban J connectivity index is 1.72. The summed E-state index contributed by atoms with van der Waals surface area (Å²) in [7, 11) is 7.85. The maximum Gasteiger partial charge on any atom is 0.273 e. The highest BCUT2D eigenvalue weighted by Crippen LogP contribution is 2.26. The minimum atomic E-state index is -0.159. The zero-order valence-electron chi connectivity index (χ0n) is 22.8. The molecule has 0 aliphatic heterocycles. The van der Waals surface area contributed by atoms with E-state index in [0.717, 1.165) is 64.6 Å². The molecular formula is C28H36N8O. The van der Waals surface area contributed by atoms with Crippen molar-refractivity contribution in [1.82, 2.24) is 34.3 Å². The van der Waals surface area contributed by atoms with Crippen LogP contribution in [0.3, 0.4) is 0 Å². The van der Waals surface area contributed by atoms with Gasteiger partial charge < -0.3 is 19.7 Å². The predicted octanol–water partition coefficient (Wildman–Crippen LogP) is 3.85. The minimum Gasteiger partial charge on any atom is -0.369 e. The lowest BCUT2D eigenvalue weighted by atomic mass is 10.1. The molecule has 0 spiro atoms. The molecule has 37 heavy (non-hydrogen) atoms. The number of carbonyl (C=O) groups excluding carboxylic acids is 1. The van der Waals surface area contributed by atoms with E-state index in [0.29, 0.717) is 18.1 Å². The number of amides is 1. The number of hydrogen-bond acceptors (Lipinski definition) is 7. The number of pyridine rings is 1. The molecule has 0 saturated carbocycles. The smallest absolute Gasteiger partial charge is 0.273 e. The molecule has 1 amide bonds. The Bertz CT molecular complexity index is 1430. The van der Waals surface area contributed by atoms with Gasteiger partial charge in [-0.15, -0.1) is 0 Å². The predicted molar refractivity (Wildman–Crippen MR) is 148 cm³/mol. The third kappa shape index (κ3) is 5.94. The van der Waals surface area contributed by atoms with E-state index < -0.39 is 0 Å². The van der Waals surface area contributed by atoms with Crippen molar-refractivity contribution in [3.63, 3.8) is 0 Å². The lowest BCUT2D eigenvalue weighted by molar-refractivity contribution is 0.0778. The standard InChI is InChI=1S/C28H36N8O/c1-8-25-30-16-21(36(25)7)17-35(6)28(37)26-22-13-18(2)9-10-23(22)32-27(33-26)20-14-19(3)31-24(15-20)29-11-12-34(4)5/h9-10,13-16H,8,11-12,17H2,1-7H3,(H,29,31). The highest BCUT2D eigenvalue weighted by atomic mass is 16.2. The van der Waals surface area contributed by atoms with E-state index in [1.54, 1.807) is 11.9 Å². The summed E-state index contributed by atoms with van der Waals surface area (Å²) in [5.41, 5.74) is 4.81. The zero-order chi connectivity index (χ0) is 26.7. The molecule has 0 aliphatic carbocycles. The van der Waals surface area contributed by atoms with Gasteiger partial charge in [0.15, 0.2) is 5.82 Å². The molecule has 9 nitrogen and oxygen atoms in total. The van der Waals surface area contributed by atoms with E-state index >= 15 is 0 Å². The molecule has 0 aliphatic rings. The summed E-state index contributed by atoms with van der Waals surface area (Å²) in [6, 6.07) is 9.83. The first-order valence-corrected chi connectivity index (χ1v) is 12.6. The normalized spacial score (nSPS) is 11.4. The van der Waals surface area contributed by atoms with Crippen LogP contribution in [-0.4, -0.2) is 74.4 Å². The van der Waals surface area contributed by atoms with Crippen LogP contribution < -0.4 is 5.32 Å². The zero-order valence-corrected chi connectivity index (χ0v) is 22.8. The number of benzene rings is 1. The van der Waals surface area contributed by atoms with Crippen molar-refractivity contribution in [2.75, 3.05) is 39.5 Å². The monoisotopic (exact) mass is 500 g/mol. The maximum atomic E-state index is 13.8. The van der Waals surface area contributed by atoms with E-state index in [2.05, 4.69) is 27.1 Å². The number of carbonyl (C=O) groups is 1. The van der Waals surface area contributed by atoms with Gasteiger partial charge in [0.25, 0.3) is 5.91 Å². The Morgan fingerprint density at radius 2 is 1.84 bits per heavy atom. The van der Waals surface area contributed by atoms with Crippen molar-refractivity contribution < 1.29 is 4.79 Å². The van der Waals surface area contributed by atoms with Gasteiger partial charge in [0, 0.05) is 50.2 Å². The molecular weight excluding hydrogens is 464 g/mol. The van der Waals surface area contributed by atoms with E-state index in [-0.39, 0.29) is 5.91 Å². The first-order chi connectivity index (χ1) is 17.7. The van der Waals surface area contributed by atoms with Gasteiger partial charge in [-0.05, 0) is 52.2 Å². The van der Waals surface area contributed by atoms with E-state index in [1.807, 2.05) is 76.1 Å². The largest absolute Gasteiger partial charge is 0.369 e. The molecule has 0 radical (unpaired) electrons. The lowest BCUT2D eigenvalue weighted by Crippen LogP contribution is -2.28. The Kier molecular flexibility index (Phi) is 7.83. The number of aryl methyl sites for hydroxylation is 3. The van der Waals surface area contributed by atoms with Crippen LogP contribution in [-0.2, 0) is 20.0 Å². The minimum absolute atomic E-state index is 0.159. The third-order valence-corrected chi connectivity index (χ3v) is 6.37. The van der Waals surface area contributed by atoms with Crippen LogP contribution in [0.4, 0.5) is 5.82 Å². The molecule has 4 rings (SSSR count). The van der Waals surface area contributed by atoms with Crippen LogP contribution in [0.25, 0.3) is 22.3 Å². The van der Waals surface area contributed by atoms with Crippen molar-refractivity contribution in [2.45, 2.75) is 33.7 Å². The number of imidazole rings is 1. The maximum absolute atomic E-state index is 13.8. The molecule has 0 fully saturated rings. The first kappa shape index (κ1) is 26.2. The van der Waals surface area contributed by atoms with Gasteiger partial charge in [0.05, 0.1) is 24.0 Å². The van der Waals surface area contributed by atoms with Crippen LogP contribution in [0.2, 0.25) is 0 Å². The fourth-order valence-corrected chi connectivity index (χ4v) is 4.29. The molecule has 0 unspecified atom stereocenters. The first-order valence-electron chi connectivity index (χ1n) is 12.6. The van der Waals surface area contributed by atoms with Crippen molar-refractivity contribution in [3.8, 4) is 11.4 Å². The van der Waals surface area contributed by atoms with Crippen LogP contribution >= 0.6 is 0 Å². The molecule has 1 N–H and O–H groups in total. The van der Waals surface area contributed by atoms with Crippen LogP contribution in [0.1, 0.15) is 40.2 Å². The summed E-state index contributed by atoms with van der Waals surface area (Å²) < 4.78 is 2.04. The molecule has 0 saturated heterocycles. The molecule has 0 bridgehead atoms. The second kappa shape index (κ2) is 11.0. The molecule has 9 heteroatoms. The van der Waals surface area contributed by atoms with Gasteiger partial charge >= 0.3 is 0 Å². The second-order valence-electron chi connectivity index (χ2n) is 9.77. The van der Waals surface area contributed by atoms with Gasteiger partial charge in [-0.2, -0.15) is 0 Å². The Hall–Kier alpha value is -3.85. The topological polar surface area (TPSA) is 92.1 Å². The van der Waals surface area contributed by atoms with Gasteiger partial charge in [0.1, 0.15) is 17.3 Å². The van der Waals surface area contributed by atoms with E-state index in [4.69, 9.17) is 9.97 Å². The van der Waals surface area contributed by atoms with Crippen LogP contribution in [0.5, 0.6) is 0 Å². The fraction of sp³-hybridized carbons (Fsp3) is 0.393. The molecule has 1 aromatic carbocycles.